The van der Waals surface area contributed by atoms with Crippen molar-refractivity contribution < 1.29 is 9.59 Å². The molecule has 3 rings (SSSR count). The van der Waals surface area contributed by atoms with Crippen LogP contribution in [0.5, 0.6) is 0 Å². The Balaban J connectivity index is 1.89. The van der Waals surface area contributed by atoms with Crippen LogP contribution in [0.15, 0.2) is 18.2 Å². The van der Waals surface area contributed by atoms with Crippen LogP contribution in [0.3, 0.4) is 0 Å². The number of nitrogens with two attached hydrogens (primary N) is 1. The Morgan fingerprint density at radius 3 is 2.67 bits per heavy atom. The van der Waals surface area contributed by atoms with Crippen molar-refractivity contribution >= 4 is 22.7 Å². The first kappa shape index (κ1) is 16.5. The Kier molecular flexibility index (Phi) is 4.32. The Labute approximate surface area is 141 Å². The summed E-state index contributed by atoms with van der Waals surface area (Å²) in [6.07, 6.45) is 0. The van der Waals surface area contributed by atoms with Crippen LogP contribution < -0.4 is 5.73 Å². The average Bonchev–Trinajstić information content (AvgIpc) is 2.72. The maximum absolute atomic E-state index is 12.9. The van der Waals surface area contributed by atoms with Gasteiger partial charge >= 0.3 is 0 Å². The molecule has 1 aliphatic heterocycles. The van der Waals surface area contributed by atoms with Crippen molar-refractivity contribution in [1.82, 2.24) is 14.8 Å². The van der Waals surface area contributed by atoms with Gasteiger partial charge in [-0.2, -0.15) is 0 Å². The summed E-state index contributed by atoms with van der Waals surface area (Å²) in [4.78, 5) is 31.7. The topological polar surface area (TPSA) is 82.4 Å². The molecule has 1 atom stereocenters. The maximum Gasteiger partial charge on any atom is 0.253 e. The molecule has 1 saturated heterocycles. The highest BCUT2D eigenvalue weighted by Gasteiger charge is 2.28. The molecule has 0 saturated carbocycles. The minimum Gasteiger partial charge on any atom is -0.369 e. The van der Waals surface area contributed by atoms with Crippen LogP contribution in [0.25, 0.3) is 10.9 Å². The number of aromatic amines is 1. The number of aromatic nitrogens is 1. The molecule has 6 nitrogen and oxygen atoms in total. The SMILES string of the molecule is Cc1[nH]c2ccc(C(=O)N3CCN(C)CC(C(N)=O)C3)cc2c1C. The molecule has 1 unspecified atom stereocenters. The number of fused-ring (bicyclic) bond motifs is 1. The molecule has 0 spiro atoms. The van der Waals surface area contributed by atoms with E-state index in [1.165, 1.54) is 0 Å². The van der Waals surface area contributed by atoms with Crippen molar-refractivity contribution in [3.05, 3.63) is 35.0 Å². The third-order valence-corrected chi connectivity index (χ3v) is 4.97. The van der Waals surface area contributed by atoms with E-state index in [1.54, 1.807) is 4.90 Å². The summed E-state index contributed by atoms with van der Waals surface area (Å²) in [6, 6.07) is 5.72. The molecule has 0 bridgehead atoms. The largest absolute Gasteiger partial charge is 0.369 e. The second-order valence-corrected chi connectivity index (χ2v) is 6.75. The van der Waals surface area contributed by atoms with E-state index in [-0.39, 0.29) is 17.7 Å². The molecule has 2 amide bonds. The van der Waals surface area contributed by atoms with Gasteiger partial charge in [0.1, 0.15) is 0 Å². The van der Waals surface area contributed by atoms with Gasteiger partial charge in [0.15, 0.2) is 0 Å². The summed E-state index contributed by atoms with van der Waals surface area (Å²) in [5.74, 6) is -0.729. The number of hydrogen-bond donors (Lipinski definition) is 2. The summed E-state index contributed by atoms with van der Waals surface area (Å²) >= 11 is 0. The summed E-state index contributed by atoms with van der Waals surface area (Å²) in [6.45, 7) is 6.38. The highest BCUT2D eigenvalue weighted by atomic mass is 16.2. The van der Waals surface area contributed by atoms with E-state index in [0.717, 1.165) is 28.7 Å². The van der Waals surface area contributed by atoms with E-state index in [2.05, 4.69) is 4.98 Å². The minimum absolute atomic E-state index is 0.0447. The van der Waals surface area contributed by atoms with Crippen LogP contribution in [-0.4, -0.2) is 59.8 Å². The van der Waals surface area contributed by atoms with Gasteiger partial charge in [-0.25, -0.2) is 0 Å². The fourth-order valence-electron chi connectivity index (χ4n) is 3.32. The number of primary amides is 1. The lowest BCUT2D eigenvalue weighted by molar-refractivity contribution is -0.122. The van der Waals surface area contributed by atoms with Gasteiger partial charge in [-0.15, -0.1) is 0 Å². The number of amides is 2. The highest BCUT2D eigenvalue weighted by Crippen LogP contribution is 2.23. The number of nitrogens with one attached hydrogen (secondary N) is 1. The molecule has 2 aromatic rings. The van der Waals surface area contributed by atoms with Crippen molar-refractivity contribution in [2.75, 3.05) is 33.2 Å². The number of hydrogen-bond acceptors (Lipinski definition) is 3. The van der Waals surface area contributed by atoms with Crippen molar-refractivity contribution in [1.29, 1.82) is 0 Å². The van der Waals surface area contributed by atoms with Gasteiger partial charge in [-0.05, 0) is 44.7 Å². The van der Waals surface area contributed by atoms with Crippen LogP contribution in [0, 0.1) is 19.8 Å². The molecule has 2 heterocycles. The monoisotopic (exact) mass is 328 g/mol. The summed E-state index contributed by atoms with van der Waals surface area (Å²) in [7, 11) is 1.95. The number of aryl methyl sites for hydroxylation is 2. The number of likely N-dealkylation sites (N-methyl/N-ethyl adjacent to an activating group) is 1. The van der Waals surface area contributed by atoms with Crippen LogP contribution in [-0.2, 0) is 4.79 Å². The molecule has 0 radical (unpaired) electrons. The lowest BCUT2D eigenvalue weighted by Gasteiger charge is -2.22. The first-order valence-electron chi connectivity index (χ1n) is 8.23. The van der Waals surface area contributed by atoms with E-state index in [9.17, 15) is 9.59 Å². The fourth-order valence-corrected chi connectivity index (χ4v) is 3.32. The standard InChI is InChI=1S/C18H24N4O2/c1-11-12(2)20-16-5-4-13(8-15(11)16)18(24)22-7-6-21(3)9-14(10-22)17(19)23/h4-5,8,14,20H,6-7,9-10H2,1-3H3,(H2,19,23). The van der Waals surface area contributed by atoms with E-state index in [0.29, 0.717) is 25.2 Å². The summed E-state index contributed by atoms with van der Waals surface area (Å²) in [5, 5.41) is 1.07. The van der Waals surface area contributed by atoms with E-state index in [4.69, 9.17) is 5.73 Å². The Morgan fingerprint density at radius 2 is 1.96 bits per heavy atom. The highest BCUT2D eigenvalue weighted by molar-refractivity contribution is 5.99. The smallest absolute Gasteiger partial charge is 0.253 e. The Morgan fingerprint density at radius 1 is 1.21 bits per heavy atom. The van der Waals surface area contributed by atoms with Gasteiger partial charge in [0.25, 0.3) is 5.91 Å². The Bertz CT molecular complexity index is 796. The molecule has 24 heavy (non-hydrogen) atoms. The normalized spacial score (nSPS) is 19.5. The molecule has 1 aromatic heterocycles. The van der Waals surface area contributed by atoms with Crippen molar-refractivity contribution in [2.45, 2.75) is 13.8 Å². The van der Waals surface area contributed by atoms with Crippen molar-refractivity contribution in [3.63, 3.8) is 0 Å². The second-order valence-electron chi connectivity index (χ2n) is 6.75. The zero-order valence-corrected chi connectivity index (χ0v) is 14.4. The molecule has 0 aliphatic carbocycles. The minimum atomic E-state index is -0.353. The molecule has 3 N–H and O–H groups in total. The van der Waals surface area contributed by atoms with Gasteiger partial charge in [0, 0.05) is 48.3 Å². The number of carbonyl (C=O) groups excluding carboxylic acids is 2. The van der Waals surface area contributed by atoms with Crippen LogP contribution in [0.2, 0.25) is 0 Å². The van der Waals surface area contributed by atoms with Gasteiger partial charge in [0.2, 0.25) is 5.91 Å². The number of nitrogens with zero attached hydrogens (tertiary/aromatic N) is 2. The molecule has 6 heteroatoms. The number of benzene rings is 1. The Hall–Kier alpha value is -2.34. The van der Waals surface area contributed by atoms with Gasteiger partial charge in [-0.3, -0.25) is 9.59 Å². The first-order valence-corrected chi connectivity index (χ1v) is 8.23. The maximum atomic E-state index is 12.9. The van der Waals surface area contributed by atoms with Crippen molar-refractivity contribution in [3.8, 4) is 0 Å². The third-order valence-electron chi connectivity index (χ3n) is 4.97. The zero-order chi connectivity index (χ0) is 17.4. The van der Waals surface area contributed by atoms with Gasteiger partial charge < -0.3 is 20.5 Å². The third kappa shape index (κ3) is 3.01. The van der Waals surface area contributed by atoms with Crippen LogP contribution >= 0.6 is 0 Å². The zero-order valence-electron chi connectivity index (χ0n) is 14.4. The summed E-state index contributed by atoms with van der Waals surface area (Å²) in [5.41, 5.74) is 9.44. The van der Waals surface area contributed by atoms with Gasteiger partial charge in [-0.1, -0.05) is 0 Å². The van der Waals surface area contributed by atoms with Gasteiger partial charge in [0.05, 0.1) is 5.92 Å². The molecular formula is C18H24N4O2. The molecule has 128 valence electrons. The molecule has 1 aromatic carbocycles. The number of H-pyrrole nitrogens is 1. The number of rotatable bonds is 2. The molecule has 1 aliphatic rings. The quantitative estimate of drug-likeness (QED) is 0.871. The first-order chi connectivity index (χ1) is 11.4. The predicted octanol–water partition coefficient (Wildman–Crippen LogP) is 1.27. The van der Waals surface area contributed by atoms with E-state index in [1.807, 2.05) is 44.0 Å². The van der Waals surface area contributed by atoms with Crippen LogP contribution in [0.4, 0.5) is 0 Å². The van der Waals surface area contributed by atoms with E-state index < -0.39 is 0 Å². The molecule has 1 fully saturated rings. The number of carbonyl (C=O) groups is 2. The van der Waals surface area contributed by atoms with Crippen LogP contribution in [0.1, 0.15) is 21.6 Å². The van der Waals surface area contributed by atoms with Crippen molar-refractivity contribution in [2.24, 2.45) is 11.7 Å². The second kappa shape index (κ2) is 6.28. The predicted molar refractivity (Wildman–Crippen MR) is 93.9 cm³/mol. The van der Waals surface area contributed by atoms with E-state index >= 15 is 0 Å². The molecular weight excluding hydrogens is 304 g/mol. The fraction of sp³-hybridized carbons (Fsp3) is 0.444. The lowest BCUT2D eigenvalue weighted by Crippen LogP contribution is -2.40. The summed E-state index contributed by atoms with van der Waals surface area (Å²) < 4.78 is 0. The average molecular weight is 328 g/mol. The lowest BCUT2D eigenvalue weighted by atomic mass is 10.1.